The number of rotatable bonds is 8. The van der Waals surface area contributed by atoms with E-state index in [2.05, 4.69) is 198 Å². The Kier molecular flexibility index (Phi) is 13.3. The van der Waals surface area contributed by atoms with Gasteiger partial charge in [-0.1, -0.05) is 165 Å². The molecule has 5 aliphatic rings. The molecule has 0 bridgehead atoms. The third-order valence-corrected chi connectivity index (χ3v) is 14.2. The normalized spacial score (nSPS) is 27.0. The van der Waals surface area contributed by atoms with E-state index in [4.69, 9.17) is 0 Å². The van der Waals surface area contributed by atoms with Crippen molar-refractivity contribution in [3.8, 4) is 0 Å². The molecule has 2 fully saturated rings. The molecule has 63 heavy (non-hydrogen) atoms. The summed E-state index contributed by atoms with van der Waals surface area (Å²) in [5.74, 6) is 0. The molecule has 6 heteroatoms. The van der Waals surface area contributed by atoms with E-state index in [-0.39, 0.29) is 36.2 Å². The number of allylic oxidation sites excluding steroid dienone is 9. The number of benzene rings is 3. The fourth-order valence-electron chi connectivity index (χ4n) is 11.2. The summed E-state index contributed by atoms with van der Waals surface area (Å²) in [6.07, 6.45) is 27.2. The Morgan fingerprint density at radius 1 is 0.762 bits per heavy atom. The summed E-state index contributed by atoms with van der Waals surface area (Å²) >= 11 is 0. The molecule has 322 valence electrons. The molecule has 2 heterocycles. The highest BCUT2D eigenvalue weighted by Crippen LogP contribution is 2.57. The van der Waals surface area contributed by atoms with Crippen molar-refractivity contribution < 1.29 is 0 Å². The third-order valence-electron chi connectivity index (χ3n) is 14.2. The van der Waals surface area contributed by atoms with Gasteiger partial charge in [-0.3, -0.25) is 31.1 Å². The van der Waals surface area contributed by atoms with E-state index in [9.17, 15) is 0 Å². The SMILES string of the molecule is C=C/C=C(\C=C(/C)C1=CC2=C(CC1)C1(CCCCC1)c1ccccc12)C1N(C)C(c2ccccc2)NC(c2cccc(C3NCC/C=C\C=C\CNC(c4cc#ccc4)N3)c2)N1C. The minimum absolute atomic E-state index is 0.0385. The van der Waals surface area contributed by atoms with Crippen LogP contribution in [0.1, 0.15) is 116 Å². The summed E-state index contributed by atoms with van der Waals surface area (Å²) in [7, 11) is 4.51. The van der Waals surface area contributed by atoms with Crippen molar-refractivity contribution in [2.45, 2.75) is 94.5 Å². The average molecular weight is 833 g/mol. The first-order valence-corrected chi connectivity index (χ1v) is 23.3. The first-order chi connectivity index (χ1) is 30.9. The minimum Gasteiger partial charge on any atom is -0.298 e. The molecule has 5 unspecified atom stereocenters. The van der Waals surface area contributed by atoms with Gasteiger partial charge in [-0.25, -0.2) is 0 Å². The summed E-state index contributed by atoms with van der Waals surface area (Å²) in [6.45, 7) is 8.15. The Hall–Kier alpha value is -5.36. The van der Waals surface area contributed by atoms with Crippen LogP contribution in [0.2, 0.25) is 0 Å². The molecule has 4 aromatic carbocycles. The zero-order valence-electron chi connectivity index (χ0n) is 37.4. The fourth-order valence-corrected chi connectivity index (χ4v) is 11.2. The summed E-state index contributed by atoms with van der Waals surface area (Å²) in [5, 5.41) is 15.6. The van der Waals surface area contributed by atoms with Crippen LogP contribution in [0.25, 0.3) is 5.57 Å². The van der Waals surface area contributed by atoms with Crippen molar-refractivity contribution in [1.82, 2.24) is 31.1 Å². The maximum atomic E-state index is 4.25. The van der Waals surface area contributed by atoms with E-state index < -0.39 is 0 Å². The molecule has 4 N–H and O–H groups in total. The predicted octanol–water partition coefficient (Wildman–Crippen LogP) is 11.2. The standard InChI is InChI=1S/C57H64N6/c1-5-23-47(38-41(2)44-32-33-51-49(40-44)48-30-16-17-31-50(48)57(51)34-18-11-19-35-57)56-62(3)54(43-26-14-10-15-27-43)61-55(63(56)4)46-29-22-28-45(39-46)53-59-37-21-8-6-7-20-36-58-52(60-53)42-24-12-9-13-25-42/h5-8,10,12,14-17,20,22-31,38-40,52-56,58-61H,1,11,18-19,21,32-37H2,2-4H3/b8-6-,20-7+,41-38+,47-23+. The zero-order chi connectivity index (χ0) is 43.2. The van der Waals surface area contributed by atoms with Crippen molar-refractivity contribution in [2.75, 3.05) is 27.2 Å². The predicted molar refractivity (Wildman–Crippen MR) is 260 cm³/mol. The first kappa shape index (κ1) is 42.9. The van der Waals surface area contributed by atoms with Crippen molar-refractivity contribution in [3.05, 3.63) is 220 Å². The molecule has 6 nitrogen and oxygen atoms in total. The second-order valence-electron chi connectivity index (χ2n) is 18.0. The van der Waals surface area contributed by atoms with Crippen LogP contribution < -0.4 is 21.3 Å². The molecule has 1 spiro atoms. The Labute approximate surface area is 377 Å². The van der Waals surface area contributed by atoms with Crippen molar-refractivity contribution in [1.29, 1.82) is 0 Å². The number of likely N-dealkylation sites (N-methyl/N-ethyl adjacent to an activating group) is 2. The minimum atomic E-state index is -0.109. The monoisotopic (exact) mass is 833 g/mol. The fraction of sp³-hybridized carbons (Fsp3) is 0.333. The quantitative estimate of drug-likeness (QED) is 0.133. The Morgan fingerprint density at radius 2 is 1.51 bits per heavy atom. The third kappa shape index (κ3) is 8.93. The Bertz CT molecular complexity index is 2410. The van der Waals surface area contributed by atoms with Gasteiger partial charge in [-0.05, 0) is 133 Å². The van der Waals surface area contributed by atoms with Gasteiger partial charge in [-0.15, -0.1) is 0 Å². The highest BCUT2D eigenvalue weighted by atomic mass is 15.5. The van der Waals surface area contributed by atoms with E-state index >= 15 is 0 Å². The van der Waals surface area contributed by atoms with E-state index in [0.29, 0.717) is 0 Å². The average Bonchev–Trinajstić information content (AvgIpc) is 3.57. The highest BCUT2D eigenvalue weighted by molar-refractivity contribution is 5.88. The van der Waals surface area contributed by atoms with Crippen LogP contribution in [0.3, 0.4) is 0 Å². The number of nitrogens with one attached hydrogen (secondary N) is 4. The topological polar surface area (TPSA) is 54.6 Å². The van der Waals surface area contributed by atoms with Gasteiger partial charge < -0.3 is 0 Å². The molecular formula is C57H64N6. The second-order valence-corrected chi connectivity index (χ2v) is 18.0. The Balaban J connectivity index is 1.05. The lowest BCUT2D eigenvalue weighted by molar-refractivity contribution is -0.0434. The van der Waals surface area contributed by atoms with E-state index in [1.54, 1.807) is 11.1 Å². The van der Waals surface area contributed by atoms with Gasteiger partial charge in [0.05, 0.1) is 30.8 Å². The largest absolute Gasteiger partial charge is 0.298 e. The van der Waals surface area contributed by atoms with E-state index in [1.807, 2.05) is 18.2 Å². The van der Waals surface area contributed by atoms with Crippen LogP contribution in [-0.2, 0) is 5.41 Å². The van der Waals surface area contributed by atoms with E-state index in [0.717, 1.165) is 37.9 Å². The lowest BCUT2D eigenvalue weighted by Crippen LogP contribution is -2.60. The lowest BCUT2D eigenvalue weighted by Gasteiger charge is -2.51. The summed E-state index contributed by atoms with van der Waals surface area (Å²) < 4.78 is 0. The van der Waals surface area contributed by atoms with Crippen LogP contribution >= 0.6 is 0 Å². The van der Waals surface area contributed by atoms with Gasteiger partial charge in [-0.2, -0.15) is 0 Å². The second kappa shape index (κ2) is 19.6. The van der Waals surface area contributed by atoms with Crippen molar-refractivity contribution in [3.63, 3.8) is 0 Å². The molecule has 4 aromatic rings. The number of nitrogens with zero attached hydrogens (tertiary/aromatic N) is 2. The van der Waals surface area contributed by atoms with Crippen LogP contribution in [-0.4, -0.2) is 43.2 Å². The maximum absolute atomic E-state index is 4.25. The number of fused-ring (bicyclic) bond motifs is 4. The molecule has 1 saturated heterocycles. The highest BCUT2D eigenvalue weighted by Gasteiger charge is 2.45. The van der Waals surface area contributed by atoms with Crippen LogP contribution in [0.15, 0.2) is 175 Å². The van der Waals surface area contributed by atoms with Gasteiger partial charge in [0.15, 0.2) is 0 Å². The van der Waals surface area contributed by atoms with Gasteiger partial charge in [0.2, 0.25) is 0 Å². The summed E-state index contributed by atoms with van der Waals surface area (Å²) in [5.41, 5.74) is 15.2. The van der Waals surface area contributed by atoms with Gasteiger partial charge >= 0.3 is 0 Å². The molecule has 9 rings (SSSR count). The Morgan fingerprint density at radius 3 is 2.32 bits per heavy atom. The van der Waals surface area contributed by atoms with Gasteiger partial charge in [0, 0.05) is 18.5 Å². The molecule has 2 aliphatic heterocycles. The molecule has 5 atom stereocenters. The van der Waals surface area contributed by atoms with Crippen LogP contribution in [0.4, 0.5) is 0 Å². The lowest BCUT2D eigenvalue weighted by atomic mass is 9.65. The van der Waals surface area contributed by atoms with Crippen molar-refractivity contribution >= 4 is 5.57 Å². The van der Waals surface area contributed by atoms with E-state index in [1.165, 1.54) is 76.7 Å². The molecule has 1 saturated carbocycles. The summed E-state index contributed by atoms with van der Waals surface area (Å²) in [4.78, 5) is 4.97. The molecular weight excluding hydrogens is 769 g/mol. The van der Waals surface area contributed by atoms with Gasteiger partial charge in [0.25, 0.3) is 0 Å². The van der Waals surface area contributed by atoms with Gasteiger partial charge in [0.1, 0.15) is 0 Å². The molecule has 0 amide bonds. The number of hydrogen-bond donors (Lipinski definition) is 4. The smallest absolute Gasteiger partial charge is 0.0911 e. The molecule has 3 aliphatic carbocycles. The maximum Gasteiger partial charge on any atom is 0.0911 e. The molecule has 0 aromatic heterocycles. The van der Waals surface area contributed by atoms with Crippen LogP contribution in [0.5, 0.6) is 0 Å². The summed E-state index contributed by atoms with van der Waals surface area (Å²) in [6, 6.07) is 41.6. The zero-order valence-corrected chi connectivity index (χ0v) is 37.4. The molecule has 0 radical (unpaired) electrons. The van der Waals surface area contributed by atoms with Crippen LogP contribution in [0, 0.1) is 12.1 Å². The van der Waals surface area contributed by atoms with Crippen molar-refractivity contribution in [2.24, 2.45) is 0 Å². The first-order valence-electron chi connectivity index (χ1n) is 23.3. The number of hydrogen-bond acceptors (Lipinski definition) is 6.